The second-order valence-corrected chi connectivity index (χ2v) is 6.37. The zero-order valence-corrected chi connectivity index (χ0v) is 11.0. The van der Waals surface area contributed by atoms with Crippen molar-refractivity contribution in [2.45, 2.75) is 24.8 Å². The molecule has 1 unspecified atom stereocenters. The highest BCUT2D eigenvalue weighted by atomic mass is 32.2. The number of nitrogens with one attached hydrogen (secondary N) is 1. The number of hydrogen-bond donors (Lipinski definition) is 1. The lowest BCUT2D eigenvalue weighted by atomic mass is 9.96. The summed E-state index contributed by atoms with van der Waals surface area (Å²) < 4.78 is 22.9. The molecule has 0 aliphatic rings. The number of benzene rings is 1. The van der Waals surface area contributed by atoms with Crippen molar-refractivity contribution in [1.82, 2.24) is 5.32 Å². The highest BCUT2D eigenvalue weighted by Crippen LogP contribution is 2.23. The molecule has 16 heavy (non-hydrogen) atoms. The normalized spacial score (nSPS) is 14.1. The second kappa shape index (κ2) is 4.97. The van der Waals surface area contributed by atoms with E-state index in [0.29, 0.717) is 10.8 Å². The molecule has 1 N–H and O–H groups in total. The third-order valence-corrected chi connectivity index (χ3v) is 3.73. The van der Waals surface area contributed by atoms with Crippen LogP contribution >= 0.6 is 0 Å². The molecule has 1 atom stereocenters. The largest absolute Gasteiger partial charge is 0.313 e. The van der Waals surface area contributed by atoms with Crippen LogP contribution in [0.5, 0.6) is 0 Å². The van der Waals surface area contributed by atoms with Crippen molar-refractivity contribution in [2.75, 3.05) is 13.3 Å². The van der Waals surface area contributed by atoms with Gasteiger partial charge in [-0.2, -0.15) is 0 Å². The van der Waals surface area contributed by atoms with Crippen LogP contribution in [-0.4, -0.2) is 21.7 Å². The summed E-state index contributed by atoms with van der Waals surface area (Å²) in [5, 5.41) is 3.20. The summed E-state index contributed by atoms with van der Waals surface area (Å²) in [5.74, 6) is 0.416. The topological polar surface area (TPSA) is 46.2 Å². The molecular formula is C12H19NO2S. The summed E-state index contributed by atoms with van der Waals surface area (Å²) in [7, 11) is -1.23. The van der Waals surface area contributed by atoms with Gasteiger partial charge in [0.15, 0.2) is 9.84 Å². The standard InChI is InChI=1S/C12H19NO2S/c1-9(2)12(13-3)10-6-5-7-11(8-10)16(4,14)15/h5-9,12-13H,1-4H3. The van der Waals surface area contributed by atoms with E-state index in [9.17, 15) is 8.42 Å². The van der Waals surface area contributed by atoms with Gasteiger partial charge in [0.2, 0.25) is 0 Å². The fourth-order valence-corrected chi connectivity index (χ4v) is 2.50. The number of rotatable bonds is 4. The Bertz CT molecular complexity index is 452. The maximum Gasteiger partial charge on any atom is 0.175 e. The first-order valence-corrected chi connectivity index (χ1v) is 7.22. The van der Waals surface area contributed by atoms with Gasteiger partial charge in [0, 0.05) is 12.3 Å². The Labute approximate surface area is 97.8 Å². The fraction of sp³-hybridized carbons (Fsp3) is 0.500. The van der Waals surface area contributed by atoms with Gasteiger partial charge in [-0.15, -0.1) is 0 Å². The Balaban J connectivity index is 3.17. The number of hydrogen-bond acceptors (Lipinski definition) is 3. The molecule has 0 amide bonds. The lowest BCUT2D eigenvalue weighted by Gasteiger charge is -2.21. The van der Waals surface area contributed by atoms with Crippen LogP contribution in [0.15, 0.2) is 29.2 Å². The third-order valence-electron chi connectivity index (χ3n) is 2.62. The maximum atomic E-state index is 11.4. The predicted molar refractivity (Wildman–Crippen MR) is 66.2 cm³/mol. The van der Waals surface area contributed by atoms with Gasteiger partial charge < -0.3 is 5.32 Å². The van der Waals surface area contributed by atoms with E-state index < -0.39 is 9.84 Å². The molecule has 0 saturated carbocycles. The molecule has 1 aromatic rings. The van der Waals surface area contributed by atoms with Crippen molar-refractivity contribution in [3.8, 4) is 0 Å². The molecule has 0 aliphatic carbocycles. The van der Waals surface area contributed by atoms with Crippen molar-refractivity contribution in [2.24, 2.45) is 5.92 Å². The van der Waals surface area contributed by atoms with Gasteiger partial charge in [-0.3, -0.25) is 0 Å². The minimum Gasteiger partial charge on any atom is -0.313 e. The average Bonchev–Trinajstić information content (AvgIpc) is 2.17. The van der Waals surface area contributed by atoms with Gasteiger partial charge in [0.1, 0.15) is 0 Å². The van der Waals surface area contributed by atoms with E-state index in [0.717, 1.165) is 5.56 Å². The van der Waals surface area contributed by atoms with Gasteiger partial charge in [0.05, 0.1) is 4.90 Å². The van der Waals surface area contributed by atoms with Crippen LogP contribution in [0.4, 0.5) is 0 Å². The summed E-state index contributed by atoms with van der Waals surface area (Å²) in [6.45, 7) is 4.21. The Morgan fingerprint density at radius 1 is 1.25 bits per heavy atom. The van der Waals surface area contributed by atoms with Crippen molar-refractivity contribution >= 4 is 9.84 Å². The van der Waals surface area contributed by atoms with E-state index in [1.165, 1.54) is 6.26 Å². The molecule has 0 radical (unpaired) electrons. The lowest BCUT2D eigenvalue weighted by molar-refractivity contribution is 0.442. The zero-order valence-electron chi connectivity index (χ0n) is 10.2. The number of sulfone groups is 1. The van der Waals surface area contributed by atoms with Crippen LogP contribution in [0, 0.1) is 5.92 Å². The Hall–Kier alpha value is -0.870. The Morgan fingerprint density at radius 3 is 2.31 bits per heavy atom. The van der Waals surface area contributed by atoms with Crippen LogP contribution in [-0.2, 0) is 9.84 Å². The van der Waals surface area contributed by atoms with E-state index in [2.05, 4.69) is 19.2 Å². The molecule has 0 heterocycles. The zero-order chi connectivity index (χ0) is 12.3. The van der Waals surface area contributed by atoms with Gasteiger partial charge >= 0.3 is 0 Å². The van der Waals surface area contributed by atoms with E-state index in [-0.39, 0.29) is 6.04 Å². The van der Waals surface area contributed by atoms with E-state index in [1.807, 2.05) is 13.1 Å². The van der Waals surface area contributed by atoms with Crippen LogP contribution in [0.1, 0.15) is 25.5 Å². The molecule has 0 fully saturated rings. The fourth-order valence-electron chi connectivity index (χ4n) is 1.82. The molecular weight excluding hydrogens is 222 g/mol. The molecule has 1 aromatic carbocycles. The third kappa shape index (κ3) is 3.06. The Morgan fingerprint density at radius 2 is 1.88 bits per heavy atom. The van der Waals surface area contributed by atoms with Gasteiger partial charge in [0.25, 0.3) is 0 Å². The van der Waals surface area contributed by atoms with Crippen molar-refractivity contribution in [1.29, 1.82) is 0 Å². The van der Waals surface area contributed by atoms with Crippen molar-refractivity contribution in [3.05, 3.63) is 29.8 Å². The highest BCUT2D eigenvalue weighted by molar-refractivity contribution is 7.90. The SMILES string of the molecule is CNC(c1cccc(S(C)(=O)=O)c1)C(C)C. The molecule has 0 aliphatic heterocycles. The van der Waals surface area contributed by atoms with Crippen molar-refractivity contribution < 1.29 is 8.42 Å². The van der Waals surface area contributed by atoms with Crippen LogP contribution in [0.25, 0.3) is 0 Å². The molecule has 1 rings (SSSR count). The molecule has 3 nitrogen and oxygen atoms in total. The smallest absolute Gasteiger partial charge is 0.175 e. The molecule has 0 aromatic heterocycles. The summed E-state index contributed by atoms with van der Waals surface area (Å²) in [5.41, 5.74) is 1.01. The highest BCUT2D eigenvalue weighted by Gasteiger charge is 2.15. The lowest BCUT2D eigenvalue weighted by Crippen LogP contribution is -2.21. The summed E-state index contributed by atoms with van der Waals surface area (Å²) in [6.07, 6.45) is 1.23. The first-order chi connectivity index (χ1) is 7.36. The Kier molecular flexibility index (Phi) is 4.10. The average molecular weight is 241 g/mol. The van der Waals surface area contributed by atoms with E-state index >= 15 is 0 Å². The maximum absolute atomic E-state index is 11.4. The first-order valence-electron chi connectivity index (χ1n) is 5.33. The molecule has 0 saturated heterocycles. The van der Waals surface area contributed by atoms with Crippen LogP contribution < -0.4 is 5.32 Å². The van der Waals surface area contributed by atoms with Crippen molar-refractivity contribution in [3.63, 3.8) is 0 Å². The van der Waals surface area contributed by atoms with Gasteiger partial charge in [-0.1, -0.05) is 26.0 Å². The summed E-state index contributed by atoms with van der Waals surface area (Å²) in [4.78, 5) is 0.380. The summed E-state index contributed by atoms with van der Waals surface area (Å²) in [6, 6.07) is 7.30. The predicted octanol–water partition coefficient (Wildman–Crippen LogP) is 2.01. The second-order valence-electron chi connectivity index (χ2n) is 4.36. The first kappa shape index (κ1) is 13.2. The molecule has 0 bridgehead atoms. The quantitative estimate of drug-likeness (QED) is 0.877. The van der Waals surface area contributed by atoms with E-state index in [1.54, 1.807) is 18.2 Å². The van der Waals surface area contributed by atoms with Gasteiger partial charge in [-0.25, -0.2) is 8.42 Å². The minimum absolute atomic E-state index is 0.182. The van der Waals surface area contributed by atoms with Gasteiger partial charge in [-0.05, 0) is 30.7 Å². The summed E-state index contributed by atoms with van der Waals surface area (Å²) >= 11 is 0. The van der Waals surface area contributed by atoms with Crippen LogP contribution in [0.2, 0.25) is 0 Å². The van der Waals surface area contributed by atoms with E-state index in [4.69, 9.17) is 0 Å². The molecule has 90 valence electrons. The minimum atomic E-state index is -3.12. The van der Waals surface area contributed by atoms with Crippen LogP contribution in [0.3, 0.4) is 0 Å². The molecule has 0 spiro atoms. The monoisotopic (exact) mass is 241 g/mol. The molecule has 4 heteroatoms.